The molecule has 1 amide bonds. The Hall–Kier alpha value is -1.10. The van der Waals surface area contributed by atoms with E-state index < -0.39 is 17.8 Å². The number of hydrogen-bond donors (Lipinski definition) is 2. The summed E-state index contributed by atoms with van der Waals surface area (Å²) in [6.45, 7) is 7.09. The molecule has 2 N–H and O–H groups in total. The molecule has 2 atom stereocenters. The van der Waals surface area contributed by atoms with Crippen LogP contribution in [0.3, 0.4) is 0 Å². The van der Waals surface area contributed by atoms with Crippen LogP contribution in [0, 0.1) is 11.8 Å². The molecule has 0 aromatic heterocycles. The standard InChI is InChI=1S/C12H23NO4/c1-4-7-17-8-5-6-13-11(14)9(2)10(3)12(15)16/h9-10H,4-8H2,1-3H3,(H,13,14)(H,15,16). The molecule has 5 heteroatoms. The van der Waals surface area contributed by atoms with Crippen LogP contribution in [0.1, 0.15) is 33.6 Å². The second-order valence-electron chi connectivity index (χ2n) is 4.17. The van der Waals surface area contributed by atoms with Crippen molar-refractivity contribution >= 4 is 11.9 Å². The van der Waals surface area contributed by atoms with Gasteiger partial charge in [-0.05, 0) is 12.8 Å². The van der Waals surface area contributed by atoms with E-state index in [2.05, 4.69) is 5.32 Å². The first-order chi connectivity index (χ1) is 8.00. The first-order valence-electron chi connectivity index (χ1n) is 6.09. The summed E-state index contributed by atoms with van der Waals surface area (Å²) in [7, 11) is 0. The molecule has 0 fully saturated rings. The summed E-state index contributed by atoms with van der Waals surface area (Å²) in [5.74, 6) is -2.33. The number of hydrogen-bond acceptors (Lipinski definition) is 3. The third kappa shape index (κ3) is 6.94. The van der Waals surface area contributed by atoms with Crippen molar-refractivity contribution in [3.05, 3.63) is 0 Å². The summed E-state index contributed by atoms with van der Waals surface area (Å²) < 4.78 is 5.27. The van der Waals surface area contributed by atoms with Gasteiger partial charge in [-0.15, -0.1) is 0 Å². The predicted molar refractivity (Wildman–Crippen MR) is 64.7 cm³/mol. The Balaban J connectivity index is 3.68. The van der Waals surface area contributed by atoms with Crippen molar-refractivity contribution in [2.24, 2.45) is 11.8 Å². The van der Waals surface area contributed by atoms with Crippen LogP contribution in [0.15, 0.2) is 0 Å². The molecule has 0 heterocycles. The molecule has 0 saturated carbocycles. The Kier molecular flexibility index (Phi) is 8.40. The minimum Gasteiger partial charge on any atom is -0.481 e. The average molecular weight is 245 g/mol. The van der Waals surface area contributed by atoms with E-state index in [1.165, 1.54) is 6.92 Å². The zero-order valence-corrected chi connectivity index (χ0v) is 10.9. The summed E-state index contributed by atoms with van der Waals surface area (Å²) >= 11 is 0. The lowest BCUT2D eigenvalue weighted by atomic mass is 9.95. The number of nitrogens with one attached hydrogen (secondary N) is 1. The van der Waals surface area contributed by atoms with Gasteiger partial charge in [0.25, 0.3) is 0 Å². The SMILES string of the molecule is CCCOCCCNC(=O)C(C)C(C)C(=O)O. The van der Waals surface area contributed by atoms with Crippen LogP contribution < -0.4 is 5.32 Å². The van der Waals surface area contributed by atoms with E-state index in [-0.39, 0.29) is 5.91 Å². The minimum atomic E-state index is -0.945. The van der Waals surface area contributed by atoms with Crippen molar-refractivity contribution in [2.45, 2.75) is 33.6 Å². The molecule has 0 bridgehead atoms. The number of carboxylic acid groups (broad SMARTS) is 1. The van der Waals surface area contributed by atoms with Crippen LogP contribution >= 0.6 is 0 Å². The number of carbonyl (C=O) groups is 2. The highest BCUT2D eigenvalue weighted by molar-refractivity contribution is 5.84. The highest BCUT2D eigenvalue weighted by Crippen LogP contribution is 2.10. The molecule has 100 valence electrons. The molecule has 17 heavy (non-hydrogen) atoms. The van der Waals surface area contributed by atoms with Crippen molar-refractivity contribution in [1.29, 1.82) is 0 Å². The van der Waals surface area contributed by atoms with E-state index in [1.807, 2.05) is 6.92 Å². The van der Waals surface area contributed by atoms with Gasteiger partial charge in [-0.25, -0.2) is 0 Å². The zero-order chi connectivity index (χ0) is 13.3. The fourth-order valence-corrected chi connectivity index (χ4v) is 1.23. The van der Waals surface area contributed by atoms with Crippen molar-refractivity contribution in [3.63, 3.8) is 0 Å². The normalized spacial score (nSPS) is 14.1. The molecule has 0 rings (SSSR count). The quantitative estimate of drug-likeness (QED) is 0.600. The number of ether oxygens (including phenoxy) is 1. The van der Waals surface area contributed by atoms with Crippen LogP contribution in [0.4, 0.5) is 0 Å². The Morgan fingerprint density at radius 1 is 1.24 bits per heavy atom. The smallest absolute Gasteiger partial charge is 0.307 e. The van der Waals surface area contributed by atoms with Crippen LogP contribution in [-0.2, 0) is 14.3 Å². The zero-order valence-electron chi connectivity index (χ0n) is 10.9. The monoisotopic (exact) mass is 245 g/mol. The van der Waals surface area contributed by atoms with E-state index >= 15 is 0 Å². The molecule has 0 aliphatic rings. The lowest BCUT2D eigenvalue weighted by Crippen LogP contribution is -2.35. The van der Waals surface area contributed by atoms with Gasteiger partial charge >= 0.3 is 5.97 Å². The molecular formula is C12H23NO4. The Labute approximate surface area is 103 Å². The molecule has 0 aromatic rings. The minimum absolute atomic E-state index is 0.213. The van der Waals surface area contributed by atoms with Gasteiger partial charge < -0.3 is 15.2 Å². The topological polar surface area (TPSA) is 75.6 Å². The number of aliphatic carboxylic acids is 1. The second kappa shape index (κ2) is 8.98. The fourth-order valence-electron chi connectivity index (χ4n) is 1.23. The van der Waals surface area contributed by atoms with E-state index in [0.29, 0.717) is 13.2 Å². The van der Waals surface area contributed by atoms with Gasteiger partial charge in [-0.1, -0.05) is 20.8 Å². The number of carboxylic acids is 1. The van der Waals surface area contributed by atoms with Gasteiger partial charge in [0.2, 0.25) is 5.91 Å². The maximum absolute atomic E-state index is 11.6. The van der Waals surface area contributed by atoms with Crippen LogP contribution in [-0.4, -0.2) is 36.7 Å². The fraction of sp³-hybridized carbons (Fsp3) is 0.833. The van der Waals surface area contributed by atoms with Crippen LogP contribution in [0.5, 0.6) is 0 Å². The number of carbonyl (C=O) groups excluding carboxylic acids is 1. The van der Waals surface area contributed by atoms with Gasteiger partial charge in [0, 0.05) is 25.7 Å². The second-order valence-corrected chi connectivity index (χ2v) is 4.17. The summed E-state index contributed by atoms with van der Waals surface area (Å²) in [5, 5.41) is 11.5. The lowest BCUT2D eigenvalue weighted by Gasteiger charge is -2.15. The Bertz CT molecular complexity index is 243. The third-order valence-corrected chi connectivity index (χ3v) is 2.67. The highest BCUT2D eigenvalue weighted by Gasteiger charge is 2.25. The van der Waals surface area contributed by atoms with Crippen LogP contribution in [0.25, 0.3) is 0 Å². The maximum atomic E-state index is 11.6. The van der Waals surface area contributed by atoms with E-state index in [0.717, 1.165) is 19.4 Å². The number of rotatable bonds is 9. The van der Waals surface area contributed by atoms with Gasteiger partial charge in [-0.3, -0.25) is 9.59 Å². The average Bonchev–Trinajstić information content (AvgIpc) is 2.31. The van der Waals surface area contributed by atoms with Gasteiger partial charge in [0.15, 0.2) is 0 Å². The van der Waals surface area contributed by atoms with Crippen molar-refractivity contribution < 1.29 is 19.4 Å². The summed E-state index contributed by atoms with van der Waals surface area (Å²) in [5.41, 5.74) is 0. The first kappa shape index (κ1) is 15.9. The molecule has 0 aliphatic heterocycles. The Morgan fingerprint density at radius 3 is 2.41 bits per heavy atom. The van der Waals surface area contributed by atoms with E-state index in [9.17, 15) is 9.59 Å². The molecule has 0 spiro atoms. The number of amides is 1. The lowest BCUT2D eigenvalue weighted by molar-refractivity contribution is -0.146. The van der Waals surface area contributed by atoms with Gasteiger partial charge in [0.1, 0.15) is 0 Å². The largest absolute Gasteiger partial charge is 0.481 e. The predicted octanol–water partition coefficient (Wildman–Crippen LogP) is 1.28. The van der Waals surface area contributed by atoms with E-state index in [4.69, 9.17) is 9.84 Å². The maximum Gasteiger partial charge on any atom is 0.307 e. The molecule has 2 unspecified atom stereocenters. The first-order valence-corrected chi connectivity index (χ1v) is 6.09. The summed E-state index contributed by atoms with van der Waals surface area (Å²) in [6.07, 6.45) is 1.74. The summed E-state index contributed by atoms with van der Waals surface area (Å²) in [4.78, 5) is 22.3. The Morgan fingerprint density at radius 2 is 1.88 bits per heavy atom. The molecular weight excluding hydrogens is 222 g/mol. The molecule has 0 aromatic carbocycles. The van der Waals surface area contributed by atoms with Gasteiger partial charge in [-0.2, -0.15) is 0 Å². The third-order valence-electron chi connectivity index (χ3n) is 2.67. The van der Waals surface area contributed by atoms with Crippen molar-refractivity contribution in [3.8, 4) is 0 Å². The van der Waals surface area contributed by atoms with Crippen molar-refractivity contribution in [2.75, 3.05) is 19.8 Å². The summed E-state index contributed by atoms with van der Waals surface area (Å²) in [6, 6.07) is 0. The van der Waals surface area contributed by atoms with Crippen molar-refractivity contribution in [1.82, 2.24) is 5.32 Å². The van der Waals surface area contributed by atoms with E-state index in [1.54, 1.807) is 6.92 Å². The van der Waals surface area contributed by atoms with Crippen LogP contribution in [0.2, 0.25) is 0 Å². The molecule has 0 radical (unpaired) electrons. The molecule has 0 aliphatic carbocycles. The highest BCUT2D eigenvalue weighted by atomic mass is 16.5. The molecule has 0 saturated heterocycles. The van der Waals surface area contributed by atoms with Gasteiger partial charge in [0.05, 0.1) is 5.92 Å². The molecule has 5 nitrogen and oxygen atoms in total.